The first kappa shape index (κ1) is 21.0. The standard InChI is InChI=1S/C19H13FN2O.C2HF3O2/c1-23-15-4-2-12(3-5-15)14-8-16-17-11-21-7-6-13(17)9-18(20)19(16)22-10-14;3-2(4,5)1(6)7/h2-11H,1H3;(H,6,7). The zero-order chi connectivity index (χ0) is 21.9. The highest BCUT2D eigenvalue weighted by Crippen LogP contribution is 2.30. The summed E-state index contributed by atoms with van der Waals surface area (Å²) in [5.74, 6) is -2.28. The zero-order valence-corrected chi connectivity index (χ0v) is 15.4. The van der Waals surface area contributed by atoms with Gasteiger partial charge in [0.2, 0.25) is 0 Å². The van der Waals surface area contributed by atoms with Crippen LogP contribution in [0.1, 0.15) is 0 Å². The van der Waals surface area contributed by atoms with Crippen molar-refractivity contribution in [3.8, 4) is 16.9 Å². The number of rotatable bonds is 2. The number of ether oxygens (including phenoxy) is 1. The lowest BCUT2D eigenvalue weighted by molar-refractivity contribution is -0.192. The maximum absolute atomic E-state index is 14.2. The number of halogens is 4. The van der Waals surface area contributed by atoms with Crippen molar-refractivity contribution in [2.45, 2.75) is 6.18 Å². The minimum absolute atomic E-state index is 0.319. The zero-order valence-electron chi connectivity index (χ0n) is 15.4. The van der Waals surface area contributed by atoms with Gasteiger partial charge in [0.05, 0.1) is 7.11 Å². The van der Waals surface area contributed by atoms with Crippen molar-refractivity contribution in [2.75, 3.05) is 7.11 Å². The fourth-order valence-corrected chi connectivity index (χ4v) is 2.76. The van der Waals surface area contributed by atoms with Crippen molar-refractivity contribution < 1.29 is 32.2 Å². The highest BCUT2D eigenvalue weighted by molar-refractivity contribution is 6.07. The lowest BCUT2D eigenvalue weighted by atomic mass is 10.0. The topological polar surface area (TPSA) is 72.3 Å². The van der Waals surface area contributed by atoms with Crippen LogP contribution in [0, 0.1) is 5.82 Å². The Morgan fingerprint density at radius 1 is 1.00 bits per heavy atom. The molecule has 4 aromatic rings. The van der Waals surface area contributed by atoms with Gasteiger partial charge in [0.15, 0.2) is 0 Å². The molecule has 0 aliphatic rings. The van der Waals surface area contributed by atoms with Gasteiger partial charge in [-0.1, -0.05) is 12.1 Å². The Kier molecular flexibility index (Phi) is 5.81. The fraction of sp³-hybridized carbons (Fsp3) is 0.0952. The molecule has 30 heavy (non-hydrogen) atoms. The third-order valence-electron chi connectivity index (χ3n) is 4.21. The number of hydrogen-bond acceptors (Lipinski definition) is 4. The van der Waals surface area contributed by atoms with Gasteiger partial charge in [0.25, 0.3) is 0 Å². The maximum Gasteiger partial charge on any atom is 0.490 e. The molecule has 0 amide bonds. The molecule has 154 valence electrons. The van der Waals surface area contributed by atoms with E-state index in [2.05, 4.69) is 9.97 Å². The Labute approximate surface area is 167 Å². The molecule has 0 saturated heterocycles. The molecule has 4 rings (SSSR count). The van der Waals surface area contributed by atoms with Crippen LogP contribution in [0.15, 0.2) is 61.1 Å². The quantitative estimate of drug-likeness (QED) is 0.357. The number of aliphatic carboxylic acids is 1. The molecule has 0 radical (unpaired) electrons. The normalized spacial score (nSPS) is 11.1. The van der Waals surface area contributed by atoms with Crippen molar-refractivity contribution in [1.82, 2.24) is 9.97 Å². The van der Waals surface area contributed by atoms with E-state index in [0.717, 1.165) is 33.0 Å². The monoisotopic (exact) mass is 418 g/mol. The van der Waals surface area contributed by atoms with Crippen LogP contribution >= 0.6 is 0 Å². The first-order valence-electron chi connectivity index (χ1n) is 8.47. The van der Waals surface area contributed by atoms with Gasteiger partial charge in [-0.3, -0.25) is 9.97 Å². The molecule has 2 heterocycles. The molecule has 0 saturated carbocycles. The smallest absolute Gasteiger partial charge is 0.490 e. The molecule has 0 aliphatic heterocycles. The van der Waals surface area contributed by atoms with E-state index in [1.807, 2.05) is 30.3 Å². The summed E-state index contributed by atoms with van der Waals surface area (Å²) in [5.41, 5.74) is 2.29. The number of pyridine rings is 2. The fourth-order valence-electron chi connectivity index (χ4n) is 2.76. The van der Waals surface area contributed by atoms with E-state index in [-0.39, 0.29) is 5.82 Å². The van der Waals surface area contributed by atoms with Crippen LogP contribution in [0.3, 0.4) is 0 Å². The van der Waals surface area contributed by atoms with E-state index in [0.29, 0.717) is 5.52 Å². The summed E-state index contributed by atoms with van der Waals surface area (Å²) in [4.78, 5) is 17.4. The van der Waals surface area contributed by atoms with Gasteiger partial charge < -0.3 is 9.84 Å². The minimum Gasteiger partial charge on any atom is -0.497 e. The Bertz CT molecular complexity index is 1210. The molecule has 1 N–H and O–H groups in total. The Hall–Kier alpha value is -3.75. The molecule has 0 bridgehead atoms. The summed E-state index contributed by atoms with van der Waals surface area (Å²) in [6, 6.07) is 13.0. The molecular weight excluding hydrogens is 404 g/mol. The van der Waals surface area contributed by atoms with Crippen molar-refractivity contribution in [3.63, 3.8) is 0 Å². The molecule has 9 heteroatoms. The third kappa shape index (κ3) is 4.45. The predicted molar refractivity (Wildman–Crippen MR) is 103 cm³/mol. The summed E-state index contributed by atoms with van der Waals surface area (Å²) in [5, 5.41) is 9.60. The molecular formula is C21H14F4N2O3. The highest BCUT2D eigenvalue weighted by atomic mass is 19.4. The molecule has 2 aromatic carbocycles. The van der Waals surface area contributed by atoms with E-state index in [1.165, 1.54) is 6.07 Å². The van der Waals surface area contributed by atoms with Crippen LogP contribution < -0.4 is 4.74 Å². The van der Waals surface area contributed by atoms with Crippen LogP contribution in [0.5, 0.6) is 5.75 Å². The maximum atomic E-state index is 14.2. The first-order valence-corrected chi connectivity index (χ1v) is 8.47. The third-order valence-corrected chi connectivity index (χ3v) is 4.21. The lowest BCUT2D eigenvalue weighted by Gasteiger charge is -2.08. The number of hydrogen-bond donors (Lipinski definition) is 1. The van der Waals surface area contributed by atoms with Crippen LogP contribution in [0.25, 0.3) is 32.8 Å². The van der Waals surface area contributed by atoms with Crippen molar-refractivity contribution in [1.29, 1.82) is 0 Å². The molecule has 0 unspecified atom stereocenters. The van der Waals surface area contributed by atoms with Crippen molar-refractivity contribution in [2.24, 2.45) is 0 Å². The van der Waals surface area contributed by atoms with Crippen molar-refractivity contribution in [3.05, 3.63) is 66.9 Å². The predicted octanol–water partition coefficient (Wildman–Crippen LogP) is 5.23. The van der Waals surface area contributed by atoms with Gasteiger partial charge in [-0.15, -0.1) is 0 Å². The van der Waals surface area contributed by atoms with E-state index >= 15 is 0 Å². The van der Waals surface area contributed by atoms with Crippen LogP contribution in [0.2, 0.25) is 0 Å². The Morgan fingerprint density at radius 2 is 1.67 bits per heavy atom. The minimum atomic E-state index is -5.08. The Balaban J connectivity index is 0.000000318. The average molecular weight is 418 g/mol. The molecule has 5 nitrogen and oxygen atoms in total. The highest BCUT2D eigenvalue weighted by Gasteiger charge is 2.38. The Morgan fingerprint density at radius 3 is 2.27 bits per heavy atom. The number of nitrogens with zero attached hydrogens (tertiary/aromatic N) is 2. The summed E-state index contributed by atoms with van der Waals surface area (Å²) < 4.78 is 51.2. The molecule has 2 aromatic heterocycles. The second-order valence-electron chi connectivity index (χ2n) is 6.11. The van der Waals surface area contributed by atoms with E-state index in [4.69, 9.17) is 14.6 Å². The number of methoxy groups -OCH3 is 1. The van der Waals surface area contributed by atoms with Gasteiger partial charge in [-0.2, -0.15) is 13.2 Å². The summed E-state index contributed by atoms with van der Waals surface area (Å²) >= 11 is 0. The van der Waals surface area contributed by atoms with E-state index in [1.54, 1.807) is 31.8 Å². The molecule has 0 spiro atoms. The second kappa shape index (κ2) is 8.32. The number of alkyl halides is 3. The van der Waals surface area contributed by atoms with Gasteiger partial charge in [-0.05, 0) is 41.3 Å². The van der Waals surface area contributed by atoms with Gasteiger partial charge >= 0.3 is 12.1 Å². The van der Waals surface area contributed by atoms with Crippen LogP contribution in [0.4, 0.5) is 17.6 Å². The van der Waals surface area contributed by atoms with Crippen LogP contribution in [-0.4, -0.2) is 34.3 Å². The first-order chi connectivity index (χ1) is 14.2. The van der Waals surface area contributed by atoms with E-state index < -0.39 is 12.1 Å². The van der Waals surface area contributed by atoms with Crippen molar-refractivity contribution >= 4 is 27.6 Å². The summed E-state index contributed by atoms with van der Waals surface area (Å²) in [7, 11) is 1.63. The largest absolute Gasteiger partial charge is 0.497 e. The molecule has 0 aliphatic carbocycles. The van der Waals surface area contributed by atoms with Gasteiger partial charge in [0.1, 0.15) is 17.1 Å². The lowest BCUT2D eigenvalue weighted by Crippen LogP contribution is -2.21. The van der Waals surface area contributed by atoms with Gasteiger partial charge in [0, 0.05) is 34.9 Å². The van der Waals surface area contributed by atoms with Crippen LogP contribution in [-0.2, 0) is 4.79 Å². The number of fused-ring (bicyclic) bond motifs is 3. The number of carbonyl (C=O) groups is 1. The molecule has 0 fully saturated rings. The number of benzene rings is 2. The average Bonchev–Trinajstić information content (AvgIpc) is 2.73. The number of aromatic nitrogens is 2. The molecule has 0 atom stereocenters. The van der Waals surface area contributed by atoms with E-state index in [9.17, 15) is 17.6 Å². The summed E-state index contributed by atoms with van der Waals surface area (Å²) in [6.45, 7) is 0. The number of carboxylic acids is 1. The second-order valence-corrected chi connectivity index (χ2v) is 6.11. The SMILES string of the molecule is COc1ccc(-c2cnc3c(F)cc4ccncc4c3c2)cc1.O=C(O)C(F)(F)F. The number of carboxylic acid groups (broad SMARTS) is 1. The van der Waals surface area contributed by atoms with Gasteiger partial charge in [-0.25, -0.2) is 9.18 Å². The summed E-state index contributed by atoms with van der Waals surface area (Å²) in [6.07, 6.45) is 0.0143.